The van der Waals surface area contributed by atoms with Crippen molar-refractivity contribution in [1.82, 2.24) is 0 Å². The molecule has 0 aromatic rings. The molecular weight excluding hydrogens is 206 g/mol. The van der Waals surface area contributed by atoms with Crippen LogP contribution in [0.5, 0.6) is 0 Å². The minimum Gasteiger partial charge on any atom is -0.461 e. The lowest BCUT2D eigenvalue weighted by molar-refractivity contribution is -0.136. The molecule has 1 fully saturated rings. The lowest BCUT2D eigenvalue weighted by atomic mass is 9.72. The second kappa shape index (κ2) is 5.87. The fourth-order valence-corrected chi connectivity index (χ4v) is 2.25. The summed E-state index contributed by atoms with van der Waals surface area (Å²) in [6.07, 6.45) is 5.47. The summed E-state index contributed by atoms with van der Waals surface area (Å²) < 4.78 is 5.03. The van der Waals surface area contributed by atoms with Crippen molar-refractivity contribution in [1.29, 1.82) is 0 Å². The van der Waals surface area contributed by atoms with Crippen molar-refractivity contribution in [3.05, 3.63) is 0 Å². The number of hydrogen-bond acceptors (Lipinski definition) is 4. The average molecular weight is 227 g/mol. The van der Waals surface area contributed by atoms with Gasteiger partial charge in [-0.3, -0.25) is 0 Å². The summed E-state index contributed by atoms with van der Waals surface area (Å²) in [4.78, 5) is 16.6. The van der Waals surface area contributed by atoms with E-state index in [0.717, 1.165) is 25.7 Å². The zero-order chi connectivity index (χ0) is 12.0. The fraction of sp³-hybridized carbons (Fsp3) is 0.833. The Morgan fingerprint density at radius 3 is 2.44 bits per heavy atom. The van der Waals surface area contributed by atoms with Gasteiger partial charge in [-0.15, -0.1) is 0 Å². The van der Waals surface area contributed by atoms with E-state index >= 15 is 0 Å². The monoisotopic (exact) mass is 227 g/mol. The van der Waals surface area contributed by atoms with Gasteiger partial charge in [0.25, 0.3) is 0 Å². The molecule has 1 aliphatic rings. The highest BCUT2D eigenvalue weighted by Crippen LogP contribution is 2.37. The second-order valence-electron chi connectivity index (χ2n) is 4.46. The molecule has 0 aromatic heterocycles. The minimum atomic E-state index is -0.339. The van der Waals surface area contributed by atoms with Crippen LogP contribution in [0, 0.1) is 5.41 Å². The van der Waals surface area contributed by atoms with E-state index < -0.39 is 0 Å². The number of esters is 1. The largest absolute Gasteiger partial charge is 0.461 e. The summed E-state index contributed by atoms with van der Waals surface area (Å²) in [5.41, 5.74) is 0.261. The molecule has 4 heteroatoms. The first-order chi connectivity index (χ1) is 7.64. The van der Waals surface area contributed by atoms with Crippen LogP contribution in [0.1, 0.15) is 46.0 Å². The Balaban J connectivity index is 2.83. The Bertz CT molecular complexity index is 267. The van der Waals surface area contributed by atoms with E-state index in [9.17, 15) is 4.79 Å². The lowest BCUT2D eigenvalue weighted by Crippen LogP contribution is -2.37. The summed E-state index contributed by atoms with van der Waals surface area (Å²) in [6, 6.07) is 0. The first-order valence-corrected chi connectivity index (χ1v) is 5.93. The molecule has 0 aromatic carbocycles. The van der Waals surface area contributed by atoms with Crippen molar-refractivity contribution in [3.63, 3.8) is 0 Å². The topological polar surface area (TPSA) is 47.9 Å². The highest BCUT2D eigenvalue weighted by Gasteiger charge is 2.38. The Morgan fingerprint density at radius 2 is 1.94 bits per heavy atom. The van der Waals surface area contributed by atoms with E-state index in [2.05, 4.69) is 12.1 Å². The molecule has 92 valence electrons. The molecule has 0 atom stereocenters. The average Bonchev–Trinajstić information content (AvgIpc) is 2.27. The van der Waals surface area contributed by atoms with Gasteiger partial charge in [-0.05, 0) is 19.8 Å². The highest BCUT2D eigenvalue weighted by atomic mass is 16.6. The minimum absolute atomic E-state index is 0.180. The molecule has 0 saturated heterocycles. The van der Waals surface area contributed by atoms with Crippen LogP contribution in [0.2, 0.25) is 0 Å². The number of oxime groups is 1. The highest BCUT2D eigenvalue weighted by molar-refractivity contribution is 6.38. The fourth-order valence-electron chi connectivity index (χ4n) is 2.25. The van der Waals surface area contributed by atoms with Crippen molar-refractivity contribution < 1.29 is 14.4 Å². The van der Waals surface area contributed by atoms with Crippen LogP contribution in [-0.4, -0.2) is 25.4 Å². The Morgan fingerprint density at radius 1 is 1.31 bits per heavy atom. The van der Waals surface area contributed by atoms with Crippen molar-refractivity contribution in [2.75, 3.05) is 13.7 Å². The van der Waals surface area contributed by atoms with Crippen LogP contribution in [0.15, 0.2) is 5.16 Å². The maximum absolute atomic E-state index is 11.8. The molecule has 4 nitrogen and oxygen atoms in total. The molecular formula is C12H21NO3. The standard InChI is InChI=1S/C12H21NO3/c1-4-16-11(14)10(13-15-3)12(2)8-6-5-7-9-12/h4-9H2,1-3H3. The maximum Gasteiger partial charge on any atom is 0.356 e. The van der Waals surface area contributed by atoms with Gasteiger partial charge < -0.3 is 9.57 Å². The molecule has 0 radical (unpaired) electrons. The SMILES string of the molecule is CCOC(=O)C(=NOC)C1(C)CCCCC1. The molecule has 0 unspecified atom stereocenters. The van der Waals surface area contributed by atoms with Gasteiger partial charge in [-0.25, -0.2) is 4.79 Å². The maximum atomic E-state index is 11.8. The van der Waals surface area contributed by atoms with Crippen LogP contribution in [0.4, 0.5) is 0 Å². The van der Waals surface area contributed by atoms with Crippen LogP contribution in [0.25, 0.3) is 0 Å². The molecule has 0 spiro atoms. The van der Waals surface area contributed by atoms with Crippen LogP contribution >= 0.6 is 0 Å². The molecule has 16 heavy (non-hydrogen) atoms. The quantitative estimate of drug-likeness (QED) is 0.421. The first-order valence-electron chi connectivity index (χ1n) is 5.93. The molecule has 1 saturated carbocycles. The van der Waals surface area contributed by atoms with Crippen molar-refractivity contribution in [2.24, 2.45) is 10.6 Å². The number of rotatable bonds is 4. The lowest BCUT2D eigenvalue weighted by Gasteiger charge is -2.32. The van der Waals surface area contributed by atoms with E-state index in [0.29, 0.717) is 12.3 Å². The van der Waals surface area contributed by atoms with Crippen LogP contribution < -0.4 is 0 Å². The third-order valence-electron chi connectivity index (χ3n) is 3.18. The van der Waals surface area contributed by atoms with Crippen molar-refractivity contribution in [3.8, 4) is 0 Å². The van der Waals surface area contributed by atoms with E-state index in [1.165, 1.54) is 13.5 Å². The Hall–Kier alpha value is -1.06. The van der Waals surface area contributed by atoms with Gasteiger partial charge in [0.05, 0.1) is 6.61 Å². The number of carbonyl (C=O) groups excluding carboxylic acids is 1. The van der Waals surface area contributed by atoms with Crippen LogP contribution in [0.3, 0.4) is 0 Å². The van der Waals surface area contributed by atoms with E-state index in [4.69, 9.17) is 9.57 Å². The van der Waals surface area contributed by atoms with E-state index in [1.54, 1.807) is 6.92 Å². The number of nitrogens with zero attached hydrogens (tertiary/aromatic N) is 1. The summed E-state index contributed by atoms with van der Waals surface area (Å²) >= 11 is 0. The number of carbonyl (C=O) groups is 1. The van der Waals surface area contributed by atoms with Gasteiger partial charge in [0.1, 0.15) is 7.11 Å². The summed E-state index contributed by atoms with van der Waals surface area (Å²) in [5.74, 6) is -0.339. The zero-order valence-electron chi connectivity index (χ0n) is 10.4. The molecule has 0 amide bonds. The van der Waals surface area contributed by atoms with Gasteiger partial charge in [0.2, 0.25) is 0 Å². The van der Waals surface area contributed by atoms with Crippen molar-refractivity contribution in [2.45, 2.75) is 46.0 Å². The van der Waals surface area contributed by atoms with Gasteiger partial charge in [-0.1, -0.05) is 31.3 Å². The third-order valence-corrected chi connectivity index (χ3v) is 3.18. The number of hydrogen-bond donors (Lipinski definition) is 0. The molecule has 1 aliphatic carbocycles. The predicted molar refractivity (Wildman–Crippen MR) is 62.3 cm³/mol. The zero-order valence-corrected chi connectivity index (χ0v) is 10.4. The molecule has 0 bridgehead atoms. The van der Waals surface area contributed by atoms with Crippen LogP contribution in [-0.2, 0) is 14.4 Å². The normalized spacial score (nSPS) is 20.3. The van der Waals surface area contributed by atoms with Crippen molar-refractivity contribution >= 4 is 11.7 Å². The van der Waals surface area contributed by atoms with Gasteiger partial charge in [0.15, 0.2) is 5.71 Å². The summed E-state index contributed by atoms with van der Waals surface area (Å²) in [7, 11) is 1.46. The second-order valence-corrected chi connectivity index (χ2v) is 4.46. The van der Waals surface area contributed by atoms with Gasteiger partial charge in [0, 0.05) is 5.41 Å². The molecule has 0 N–H and O–H groups in total. The van der Waals surface area contributed by atoms with E-state index in [1.807, 2.05) is 0 Å². The van der Waals surface area contributed by atoms with Gasteiger partial charge in [-0.2, -0.15) is 0 Å². The Kier molecular flexibility index (Phi) is 4.77. The Labute approximate surface area is 97.0 Å². The summed E-state index contributed by atoms with van der Waals surface area (Å²) in [5, 5.41) is 3.88. The number of ether oxygens (including phenoxy) is 1. The first kappa shape index (κ1) is 13.0. The van der Waals surface area contributed by atoms with Gasteiger partial charge >= 0.3 is 5.97 Å². The molecule has 0 heterocycles. The smallest absolute Gasteiger partial charge is 0.356 e. The summed E-state index contributed by atoms with van der Waals surface area (Å²) in [6.45, 7) is 4.24. The molecule has 0 aliphatic heterocycles. The predicted octanol–water partition coefficient (Wildman–Crippen LogP) is 2.52. The third kappa shape index (κ3) is 2.97. The van der Waals surface area contributed by atoms with E-state index in [-0.39, 0.29) is 11.4 Å². The molecule has 1 rings (SSSR count).